The molecule has 108 valence electrons. The van der Waals surface area contributed by atoms with Crippen molar-refractivity contribution in [2.45, 2.75) is 39.8 Å². The van der Waals surface area contributed by atoms with Crippen LogP contribution in [0.15, 0.2) is 28.9 Å². The van der Waals surface area contributed by atoms with Crippen molar-refractivity contribution in [3.05, 3.63) is 51.3 Å². The summed E-state index contributed by atoms with van der Waals surface area (Å²) in [7, 11) is 0. The molecule has 2 rings (SSSR count). The lowest BCUT2D eigenvalue weighted by molar-refractivity contribution is 0.475. The topological polar surface area (TPSA) is 55.9 Å². The molecule has 1 aromatic carbocycles. The van der Waals surface area contributed by atoms with E-state index in [1.807, 2.05) is 10.9 Å². The molecule has 0 saturated heterocycles. The van der Waals surface area contributed by atoms with E-state index in [9.17, 15) is 0 Å². The van der Waals surface area contributed by atoms with Crippen LogP contribution in [0.4, 0.5) is 0 Å². The Morgan fingerprint density at radius 2 is 1.95 bits per heavy atom. The molecule has 20 heavy (non-hydrogen) atoms. The van der Waals surface area contributed by atoms with Crippen molar-refractivity contribution in [3.8, 4) is 0 Å². The standard InChI is InChI=1S/C15H21BrN4/c1-9(2)20-15(13(16)8-18-20)14(19-17)12-6-5-10(3)11(4)7-12/h5-9,14,19H,17H2,1-4H3. The summed E-state index contributed by atoms with van der Waals surface area (Å²) in [6.07, 6.45) is 1.82. The van der Waals surface area contributed by atoms with Crippen LogP contribution in [0.1, 0.15) is 48.3 Å². The van der Waals surface area contributed by atoms with Crippen LogP contribution < -0.4 is 11.3 Å². The number of nitrogens with two attached hydrogens (primary N) is 1. The second-order valence-electron chi connectivity index (χ2n) is 5.36. The second kappa shape index (κ2) is 6.08. The van der Waals surface area contributed by atoms with Crippen molar-refractivity contribution in [1.29, 1.82) is 0 Å². The summed E-state index contributed by atoms with van der Waals surface area (Å²) in [6, 6.07) is 6.59. The molecule has 0 spiro atoms. The molecule has 1 unspecified atom stereocenters. The number of nitrogens with zero attached hydrogens (tertiary/aromatic N) is 2. The van der Waals surface area contributed by atoms with E-state index in [1.165, 1.54) is 11.1 Å². The van der Waals surface area contributed by atoms with Crippen molar-refractivity contribution in [2.75, 3.05) is 0 Å². The molecule has 0 radical (unpaired) electrons. The number of rotatable bonds is 4. The first-order valence-corrected chi connectivity index (χ1v) is 7.51. The third-order valence-electron chi connectivity index (χ3n) is 3.58. The first-order chi connectivity index (χ1) is 9.45. The zero-order valence-corrected chi connectivity index (χ0v) is 13.9. The highest BCUT2D eigenvalue weighted by Gasteiger charge is 2.22. The van der Waals surface area contributed by atoms with Gasteiger partial charge in [-0.2, -0.15) is 5.10 Å². The van der Waals surface area contributed by atoms with E-state index in [1.54, 1.807) is 0 Å². The molecule has 3 N–H and O–H groups in total. The van der Waals surface area contributed by atoms with Gasteiger partial charge in [0.1, 0.15) is 0 Å². The van der Waals surface area contributed by atoms with Crippen LogP contribution in [-0.2, 0) is 0 Å². The minimum atomic E-state index is -0.0893. The highest BCUT2D eigenvalue weighted by Crippen LogP contribution is 2.30. The third-order valence-corrected chi connectivity index (χ3v) is 4.19. The van der Waals surface area contributed by atoms with Crippen LogP contribution >= 0.6 is 15.9 Å². The number of hydrogen-bond donors (Lipinski definition) is 2. The zero-order chi connectivity index (χ0) is 14.9. The van der Waals surface area contributed by atoms with Gasteiger partial charge < -0.3 is 0 Å². The van der Waals surface area contributed by atoms with Crippen LogP contribution in [0.5, 0.6) is 0 Å². The number of nitrogens with one attached hydrogen (secondary N) is 1. The molecular formula is C15H21BrN4. The van der Waals surface area contributed by atoms with Gasteiger partial charge in [-0.3, -0.25) is 10.5 Å². The van der Waals surface area contributed by atoms with Crippen LogP contribution in [0.2, 0.25) is 0 Å². The monoisotopic (exact) mass is 336 g/mol. The number of hydrogen-bond acceptors (Lipinski definition) is 3. The summed E-state index contributed by atoms with van der Waals surface area (Å²) >= 11 is 3.58. The first kappa shape index (κ1) is 15.2. The van der Waals surface area contributed by atoms with Gasteiger partial charge in [-0.15, -0.1) is 0 Å². The van der Waals surface area contributed by atoms with Crippen LogP contribution in [0.25, 0.3) is 0 Å². The minimum absolute atomic E-state index is 0.0893. The van der Waals surface area contributed by atoms with E-state index in [2.05, 4.69) is 72.3 Å². The maximum absolute atomic E-state index is 5.81. The fourth-order valence-electron chi connectivity index (χ4n) is 2.31. The maximum Gasteiger partial charge on any atom is 0.0890 e. The van der Waals surface area contributed by atoms with E-state index in [0.717, 1.165) is 15.7 Å². The Hall–Kier alpha value is -1.17. The van der Waals surface area contributed by atoms with Crippen molar-refractivity contribution in [3.63, 3.8) is 0 Å². The Kier molecular flexibility index (Phi) is 4.62. The number of halogens is 1. The molecule has 1 aromatic heterocycles. The highest BCUT2D eigenvalue weighted by molar-refractivity contribution is 9.10. The quantitative estimate of drug-likeness (QED) is 0.664. The lowest BCUT2D eigenvalue weighted by Gasteiger charge is -2.21. The Bertz CT molecular complexity index is 604. The Labute approximate surface area is 128 Å². The Morgan fingerprint density at radius 1 is 1.25 bits per heavy atom. The van der Waals surface area contributed by atoms with Gasteiger partial charge in [-0.05, 0) is 60.3 Å². The number of aryl methyl sites for hydroxylation is 2. The lowest BCUT2D eigenvalue weighted by Crippen LogP contribution is -2.31. The van der Waals surface area contributed by atoms with Gasteiger partial charge in [-0.1, -0.05) is 18.2 Å². The number of benzene rings is 1. The molecule has 2 aromatic rings. The summed E-state index contributed by atoms with van der Waals surface area (Å²) in [6.45, 7) is 8.44. The molecular weight excluding hydrogens is 316 g/mol. The van der Waals surface area contributed by atoms with Gasteiger partial charge in [-0.25, -0.2) is 5.43 Å². The molecule has 1 heterocycles. The molecule has 0 saturated carbocycles. The highest BCUT2D eigenvalue weighted by atomic mass is 79.9. The fourth-order valence-corrected chi connectivity index (χ4v) is 2.81. The maximum atomic E-state index is 5.81. The Balaban J connectivity index is 2.52. The third kappa shape index (κ3) is 2.80. The Morgan fingerprint density at radius 3 is 2.50 bits per heavy atom. The molecule has 1 atom stereocenters. The summed E-state index contributed by atoms with van der Waals surface area (Å²) < 4.78 is 2.96. The summed E-state index contributed by atoms with van der Waals surface area (Å²) in [4.78, 5) is 0. The molecule has 0 aliphatic rings. The second-order valence-corrected chi connectivity index (χ2v) is 6.21. The van der Waals surface area contributed by atoms with Crippen molar-refractivity contribution >= 4 is 15.9 Å². The van der Waals surface area contributed by atoms with Gasteiger partial charge in [0.2, 0.25) is 0 Å². The molecule has 0 amide bonds. The van der Waals surface area contributed by atoms with E-state index in [-0.39, 0.29) is 12.1 Å². The largest absolute Gasteiger partial charge is 0.271 e. The van der Waals surface area contributed by atoms with Crippen LogP contribution in [0, 0.1) is 13.8 Å². The first-order valence-electron chi connectivity index (χ1n) is 6.72. The van der Waals surface area contributed by atoms with Crippen molar-refractivity contribution in [2.24, 2.45) is 5.84 Å². The van der Waals surface area contributed by atoms with Crippen molar-refractivity contribution < 1.29 is 0 Å². The molecule has 5 heteroatoms. The molecule has 0 bridgehead atoms. The lowest BCUT2D eigenvalue weighted by atomic mass is 9.99. The average molecular weight is 337 g/mol. The molecule has 4 nitrogen and oxygen atoms in total. The van der Waals surface area contributed by atoms with Gasteiger partial charge in [0.25, 0.3) is 0 Å². The minimum Gasteiger partial charge on any atom is -0.271 e. The van der Waals surface area contributed by atoms with Gasteiger partial charge >= 0.3 is 0 Å². The van der Waals surface area contributed by atoms with E-state index in [4.69, 9.17) is 5.84 Å². The van der Waals surface area contributed by atoms with Gasteiger partial charge in [0.05, 0.1) is 22.4 Å². The van der Waals surface area contributed by atoms with Gasteiger partial charge in [0, 0.05) is 6.04 Å². The molecule has 0 fully saturated rings. The average Bonchev–Trinajstić information content (AvgIpc) is 2.77. The summed E-state index contributed by atoms with van der Waals surface area (Å²) in [5, 5.41) is 4.42. The van der Waals surface area contributed by atoms with Crippen LogP contribution in [0.3, 0.4) is 0 Å². The van der Waals surface area contributed by atoms with E-state index >= 15 is 0 Å². The number of hydrazine groups is 1. The van der Waals surface area contributed by atoms with E-state index in [0.29, 0.717) is 0 Å². The van der Waals surface area contributed by atoms with E-state index < -0.39 is 0 Å². The molecule has 0 aliphatic carbocycles. The fraction of sp³-hybridized carbons (Fsp3) is 0.400. The van der Waals surface area contributed by atoms with Gasteiger partial charge in [0.15, 0.2) is 0 Å². The summed E-state index contributed by atoms with van der Waals surface area (Å²) in [5.74, 6) is 5.81. The predicted octanol–water partition coefficient (Wildman–Crippen LogP) is 3.40. The predicted molar refractivity (Wildman–Crippen MR) is 85.4 cm³/mol. The number of aromatic nitrogens is 2. The van der Waals surface area contributed by atoms with Crippen LogP contribution in [-0.4, -0.2) is 9.78 Å². The van der Waals surface area contributed by atoms with Crippen molar-refractivity contribution in [1.82, 2.24) is 15.2 Å². The SMILES string of the molecule is Cc1ccc(C(NN)c2c(Br)cnn2C(C)C)cc1C. The summed E-state index contributed by atoms with van der Waals surface area (Å²) in [5.41, 5.74) is 7.63. The molecule has 0 aliphatic heterocycles. The smallest absolute Gasteiger partial charge is 0.0890 e. The normalized spacial score (nSPS) is 12.9. The zero-order valence-electron chi connectivity index (χ0n) is 12.3.